The van der Waals surface area contributed by atoms with Crippen LogP contribution in [0.1, 0.15) is 17.3 Å². The highest BCUT2D eigenvalue weighted by Crippen LogP contribution is 2.37. The van der Waals surface area contributed by atoms with E-state index in [0.717, 1.165) is 53.1 Å². The summed E-state index contributed by atoms with van der Waals surface area (Å²) in [6.07, 6.45) is 1.81. The number of H-pyrrole nitrogens is 1. The van der Waals surface area contributed by atoms with Crippen molar-refractivity contribution in [2.45, 2.75) is 12.6 Å². The van der Waals surface area contributed by atoms with Gasteiger partial charge in [-0.25, -0.2) is 0 Å². The number of hydrogen-bond acceptors (Lipinski definition) is 4. The van der Waals surface area contributed by atoms with Crippen LogP contribution >= 0.6 is 0 Å². The van der Waals surface area contributed by atoms with E-state index < -0.39 is 12.0 Å². The summed E-state index contributed by atoms with van der Waals surface area (Å²) < 4.78 is 0. The van der Waals surface area contributed by atoms with Crippen molar-refractivity contribution in [3.05, 3.63) is 90.3 Å². The summed E-state index contributed by atoms with van der Waals surface area (Å²) in [5.41, 5.74) is 4.73. The molecule has 32 heavy (non-hydrogen) atoms. The predicted octanol–water partition coefficient (Wildman–Crippen LogP) is 4.17. The number of rotatable bonds is 6. The van der Waals surface area contributed by atoms with E-state index in [1.807, 2.05) is 79.0 Å². The van der Waals surface area contributed by atoms with E-state index >= 15 is 0 Å². The van der Waals surface area contributed by atoms with Crippen LogP contribution in [-0.4, -0.2) is 57.0 Å². The lowest BCUT2D eigenvalue weighted by Gasteiger charge is -2.37. The van der Waals surface area contributed by atoms with Crippen LogP contribution in [0.2, 0.25) is 0 Å². The molecule has 162 valence electrons. The summed E-state index contributed by atoms with van der Waals surface area (Å²) in [6, 6.07) is 23.2. The lowest BCUT2D eigenvalue weighted by Crippen LogP contribution is -2.49. The van der Waals surface area contributed by atoms with Gasteiger partial charge in [-0.15, -0.1) is 0 Å². The molecule has 0 radical (unpaired) electrons. The number of para-hydroxylation sites is 1. The quantitative estimate of drug-likeness (QED) is 0.484. The number of piperazine rings is 1. The molecule has 1 aliphatic rings. The number of aromatic nitrogens is 2. The first-order chi connectivity index (χ1) is 15.7. The fourth-order valence-electron chi connectivity index (χ4n) is 4.64. The highest BCUT2D eigenvalue weighted by molar-refractivity contribution is 5.95. The van der Waals surface area contributed by atoms with E-state index in [2.05, 4.69) is 19.8 Å². The van der Waals surface area contributed by atoms with E-state index in [1.54, 1.807) is 0 Å². The zero-order chi connectivity index (χ0) is 21.9. The van der Waals surface area contributed by atoms with E-state index in [9.17, 15) is 9.90 Å². The van der Waals surface area contributed by atoms with Gasteiger partial charge in [0.25, 0.3) is 0 Å². The summed E-state index contributed by atoms with van der Waals surface area (Å²) in [4.78, 5) is 25.0. The molecule has 6 heteroatoms. The maximum absolute atomic E-state index is 12.6. The van der Waals surface area contributed by atoms with Crippen LogP contribution in [0, 0.1) is 0 Å². The first kappa shape index (κ1) is 20.4. The third-order valence-corrected chi connectivity index (χ3v) is 6.20. The van der Waals surface area contributed by atoms with Gasteiger partial charge in [0, 0.05) is 55.4 Å². The summed E-state index contributed by atoms with van der Waals surface area (Å²) in [7, 11) is 0. The molecular weight excluding hydrogens is 400 g/mol. The summed E-state index contributed by atoms with van der Waals surface area (Å²) in [6.45, 7) is 3.79. The Bertz CT molecular complexity index is 1200. The minimum Gasteiger partial charge on any atom is -0.480 e. The van der Waals surface area contributed by atoms with Crippen LogP contribution < -0.4 is 0 Å². The highest BCUT2D eigenvalue weighted by atomic mass is 16.4. The van der Waals surface area contributed by atoms with Gasteiger partial charge in [0.1, 0.15) is 6.04 Å². The molecule has 0 amide bonds. The molecule has 6 nitrogen and oxygen atoms in total. The summed E-state index contributed by atoms with van der Waals surface area (Å²) in [5.74, 6) is -0.815. The molecule has 4 aromatic rings. The maximum atomic E-state index is 12.6. The number of nitrogens with one attached hydrogen (secondary N) is 1. The Labute approximate surface area is 187 Å². The standard InChI is InChI=1S/C26H26N4O2/c31-26(32)25(30-16-14-29(15-17-30)18-20-10-6-7-13-27-20)23-21-11-4-5-12-22(21)28-24(23)19-8-2-1-3-9-19/h1-13,25,28H,14-18H2,(H,31,32). The summed E-state index contributed by atoms with van der Waals surface area (Å²) in [5, 5.41) is 11.3. The number of fused-ring (bicyclic) bond motifs is 1. The van der Waals surface area contributed by atoms with Crippen molar-refractivity contribution in [2.75, 3.05) is 26.2 Å². The minimum absolute atomic E-state index is 0.692. The summed E-state index contributed by atoms with van der Waals surface area (Å²) >= 11 is 0. The first-order valence-electron chi connectivity index (χ1n) is 11.0. The van der Waals surface area contributed by atoms with Crippen LogP contribution in [0.3, 0.4) is 0 Å². The fourth-order valence-corrected chi connectivity index (χ4v) is 4.64. The van der Waals surface area contributed by atoms with Gasteiger partial charge in [-0.3, -0.25) is 19.6 Å². The van der Waals surface area contributed by atoms with E-state index in [0.29, 0.717) is 13.1 Å². The highest BCUT2D eigenvalue weighted by Gasteiger charge is 2.34. The Morgan fingerprint density at radius 1 is 0.938 bits per heavy atom. The monoisotopic (exact) mass is 426 g/mol. The van der Waals surface area contributed by atoms with Crippen molar-refractivity contribution >= 4 is 16.9 Å². The average molecular weight is 427 g/mol. The molecule has 2 aromatic carbocycles. The Hall–Kier alpha value is -3.48. The van der Waals surface area contributed by atoms with Gasteiger partial charge in [0.2, 0.25) is 0 Å². The van der Waals surface area contributed by atoms with Crippen molar-refractivity contribution in [2.24, 2.45) is 0 Å². The van der Waals surface area contributed by atoms with Gasteiger partial charge in [-0.1, -0.05) is 54.6 Å². The number of hydrogen-bond donors (Lipinski definition) is 2. The molecule has 1 aliphatic heterocycles. The Balaban J connectivity index is 1.46. The fraction of sp³-hybridized carbons (Fsp3) is 0.231. The Morgan fingerprint density at radius 3 is 2.38 bits per heavy atom. The van der Waals surface area contributed by atoms with Gasteiger partial charge in [-0.2, -0.15) is 0 Å². The number of pyridine rings is 1. The van der Waals surface area contributed by atoms with Crippen LogP contribution in [0.4, 0.5) is 0 Å². The lowest BCUT2D eigenvalue weighted by molar-refractivity contribution is -0.144. The number of carboxylic acid groups (broad SMARTS) is 1. The molecule has 1 atom stereocenters. The number of carboxylic acids is 1. The number of nitrogens with zero attached hydrogens (tertiary/aromatic N) is 3. The molecule has 1 unspecified atom stereocenters. The van der Waals surface area contributed by atoms with Crippen LogP contribution in [0.15, 0.2) is 79.0 Å². The van der Waals surface area contributed by atoms with E-state index in [-0.39, 0.29) is 0 Å². The third kappa shape index (κ3) is 4.02. The van der Waals surface area contributed by atoms with Gasteiger partial charge in [-0.05, 0) is 23.8 Å². The lowest BCUT2D eigenvalue weighted by atomic mass is 9.97. The van der Waals surface area contributed by atoms with Gasteiger partial charge in [0.15, 0.2) is 0 Å². The van der Waals surface area contributed by atoms with Crippen molar-refractivity contribution in [3.63, 3.8) is 0 Å². The predicted molar refractivity (Wildman–Crippen MR) is 125 cm³/mol. The normalized spacial score (nSPS) is 16.2. The zero-order valence-electron chi connectivity index (χ0n) is 17.8. The average Bonchev–Trinajstić information content (AvgIpc) is 3.21. The van der Waals surface area contributed by atoms with Crippen molar-refractivity contribution in [1.29, 1.82) is 0 Å². The second-order valence-corrected chi connectivity index (χ2v) is 8.20. The van der Waals surface area contributed by atoms with Gasteiger partial charge < -0.3 is 10.1 Å². The van der Waals surface area contributed by atoms with Gasteiger partial charge in [0.05, 0.1) is 11.4 Å². The van der Waals surface area contributed by atoms with Crippen LogP contribution in [0.5, 0.6) is 0 Å². The number of carbonyl (C=O) groups is 1. The second kappa shape index (κ2) is 8.94. The van der Waals surface area contributed by atoms with E-state index in [4.69, 9.17) is 0 Å². The number of aliphatic carboxylic acids is 1. The molecule has 0 bridgehead atoms. The number of aromatic amines is 1. The molecule has 1 saturated heterocycles. The smallest absolute Gasteiger partial charge is 0.325 e. The van der Waals surface area contributed by atoms with Crippen LogP contribution in [-0.2, 0) is 11.3 Å². The van der Waals surface area contributed by atoms with E-state index in [1.165, 1.54) is 0 Å². The second-order valence-electron chi connectivity index (χ2n) is 8.20. The molecule has 0 spiro atoms. The Kier molecular flexibility index (Phi) is 5.71. The maximum Gasteiger partial charge on any atom is 0.325 e. The van der Waals surface area contributed by atoms with Crippen LogP contribution in [0.25, 0.3) is 22.2 Å². The molecule has 3 heterocycles. The van der Waals surface area contributed by atoms with Crippen molar-refractivity contribution in [1.82, 2.24) is 19.8 Å². The molecule has 1 fully saturated rings. The largest absolute Gasteiger partial charge is 0.480 e. The molecule has 2 N–H and O–H groups in total. The topological polar surface area (TPSA) is 72.5 Å². The molecule has 0 saturated carbocycles. The molecule has 5 rings (SSSR count). The van der Waals surface area contributed by atoms with Crippen molar-refractivity contribution < 1.29 is 9.90 Å². The number of benzene rings is 2. The zero-order valence-corrected chi connectivity index (χ0v) is 17.8. The van der Waals surface area contributed by atoms with Gasteiger partial charge >= 0.3 is 5.97 Å². The minimum atomic E-state index is -0.815. The first-order valence-corrected chi connectivity index (χ1v) is 11.0. The SMILES string of the molecule is O=C(O)C(c1c(-c2ccccc2)[nH]c2ccccc12)N1CCN(Cc2ccccn2)CC1. The Morgan fingerprint density at radius 2 is 1.66 bits per heavy atom. The third-order valence-electron chi connectivity index (χ3n) is 6.20. The molecule has 2 aromatic heterocycles. The molecular formula is C26H26N4O2. The molecule has 0 aliphatic carbocycles. The van der Waals surface area contributed by atoms with Crippen molar-refractivity contribution in [3.8, 4) is 11.3 Å².